The van der Waals surface area contributed by atoms with Crippen LogP contribution in [0.2, 0.25) is 0 Å². The SMILES string of the molecule is O=C(CCC(=O)N1CCC[C@@H](c2ccc(C(=O)O)cc2)C1)NC1CCCC1. The molecule has 1 heterocycles. The third-order valence-corrected chi connectivity index (χ3v) is 5.69. The molecule has 0 spiro atoms. The Labute approximate surface area is 159 Å². The number of benzene rings is 1. The Hall–Kier alpha value is -2.37. The quantitative estimate of drug-likeness (QED) is 0.804. The van der Waals surface area contributed by atoms with E-state index in [-0.39, 0.29) is 36.1 Å². The minimum Gasteiger partial charge on any atom is -0.478 e. The van der Waals surface area contributed by atoms with E-state index in [0.717, 1.165) is 37.8 Å². The van der Waals surface area contributed by atoms with Gasteiger partial charge in [-0.15, -0.1) is 0 Å². The zero-order chi connectivity index (χ0) is 19.2. The number of carbonyl (C=O) groups excluding carboxylic acids is 2. The maximum Gasteiger partial charge on any atom is 0.335 e. The van der Waals surface area contributed by atoms with E-state index in [1.165, 1.54) is 12.8 Å². The van der Waals surface area contributed by atoms with Crippen molar-refractivity contribution in [3.05, 3.63) is 35.4 Å². The molecule has 0 radical (unpaired) electrons. The van der Waals surface area contributed by atoms with Crippen LogP contribution in [-0.2, 0) is 9.59 Å². The summed E-state index contributed by atoms with van der Waals surface area (Å²) in [5.74, 6) is -0.702. The maximum atomic E-state index is 12.5. The van der Waals surface area contributed by atoms with Gasteiger partial charge in [0.15, 0.2) is 0 Å². The summed E-state index contributed by atoms with van der Waals surface area (Å²) in [5, 5.41) is 12.0. The molecule has 2 aliphatic rings. The number of hydrogen-bond donors (Lipinski definition) is 2. The van der Waals surface area contributed by atoms with Crippen LogP contribution in [0.25, 0.3) is 0 Å². The molecule has 1 aliphatic heterocycles. The fourth-order valence-corrected chi connectivity index (χ4v) is 4.12. The monoisotopic (exact) mass is 372 g/mol. The first-order valence-electron chi connectivity index (χ1n) is 9.93. The highest BCUT2D eigenvalue weighted by molar-refractivity contribution is 5.87. The van der Waals surface area contributed by atoms with Gasteiger partial charge in [0.25, 0.3) is 0 Å². The zero-order valence-electron chi connectivity index (χ0n) is 15.7. The van der Waals surface area contributed by atoms with Gasteiger partial charge in [-0.2, -0.15) is 0 Å². The summed E-state index contributed by atoms with van der Waals surface area (Å²) in [5.41, 5.74) is 1.34. The van der Waals surface area contributed by atoms with Crippen molar-refractivity contribution in [2.24, 2.45) is 0 Å². The lowest BCUT2D eigenvalue weighted by Crippen LogP contribution is -2.40. The zero-order valence-corrected chi connectivity index (χ0v) is 15.7. The summed E-state index contributed by atoms with van der Waals surface area (Å²) >= 11 is 0. The molecule has 2 fully saturated rings. The molecule has 0 aromatic heterocycles. The molecule has 27 heavy (non-hydrogen) atoms. The van der Waals surface area contributed by atoms with Crippen molar-refractivity contribution >= 4 is 17.8 Å². The van der Waals surface area contributed by atoms with Crippen LogP contribution in [-0.4, -0.2) is 46.9 Å². The highest BCUT2D eigenvalue weighted by Crippen LogP contribution is 2.27. The molecule has 1 aliphatic carbocycles. The van der Waals surface area contributed by atoms with Crippen LogP contribution in [0, 0.1) is 0 Å². The second-order valence-corrected chi connectivity index (χ2v) is 7.65. The number of likely N-dealkylation sites (tertiary alicyclic amines) is 1. The Morgan fingerprint density at radius 2 is 1.70 bits per heavy atom. The lowest BCUT2D eigenvalue weighted by molar-refractivity contribution is -0.134. The number of carbonyl (C=O) groups is 3. The summed E-state index contributed by atoms with van der Waals surface area (Å²) in [6.45, 7) is 1.36. The number of piperidine rings is 1. The number of rotatable bonds is 6. The van der Waals surface area contributed by atoms with Gasteiger partial charge in [0.1, 0.15) is 0 Å². The minimum absolute atomic E-state index is 0.0203. The maximum absolute atomic E-state index is 12.5. The molecule has 1 aromatic rings. The fraction of sp³-hybridized carbons (Fsp3) is 0.571. The lowest BCUT2D eigenvalue weighted by atomic mass is 9.90. The Kier molecular flexibility index (Phi) is 6.48. The molecule has 2 amide bonds. The van der Waals surface area contributed by atoms with Crippen LogP contribution in [0.5, 0.6) is 0 Å². The van der Waals surface area contributed by atoms with Crippen LogP contribution in [0.15, 0.2) is 24.3 Å². The van der Waals surface area contributed by atoms with Gasteiger partial charge in [-0.25, -0.2) is 4.79 Å². The molecule has 1 saturated carbocycles. The van der Waals surface area contributed by atoms with Crippen molar-refractivity contribution in [1.82, 2.24) is 10.2 Å². The van der Waals surface area contributed by atoms with Crippen LogP contribution in [0.4, 0.5) is 0 Å². The molecule has 1 saturated heterocycles. The van der Waals surface area contributed by atoms with Crippen LogP contribution >= 0.6 is 0 Å². The molecular formula is C21H28N2O4. The highest BCUT2D eigenvalue weighted by Gasteiger charge is 2.25. The summed E-state index contributed by atoms with van der Waals surface area (Å²) in [6.07, 6.45) is 6.86. The molecule has 3 rings (SSSR count). The van der Waals surface area contributed by atoms with E-state index < -0.39 is 5.97 Å². The third-order valence-electron chi connectivity index (χ3n) is 5.69. The van der Waals surface area contributed by atoms with Gasteiger partial charge >= 0.3 is 5.97 Å². The Balaban J connectivity index is 1.48. The number of nitrogens with zero attached hydrogens (tertiary/aromatic N) is 1. The van der Waals surface area contributed by atoms with Crippen LogP contribution < -0.4 is 5.32 Å². The predicted molar refractivity (Wildman–Crippen MR) is 102 cm³/mol. The first-order chi connectivity index (χ1) is 13.0. The Morgan fingerprint density at radius 3 is 2.37 bits per heavy atom. The average Bonchev–Trinajstić information content (AvgIpc) is 3.19. The van der Waals surface area contributed by atoms with Crippen molar-refractivity contribution in [2.45, 2.75) is 63.3 Å². The van der Waals surface area contributed by atoms with E-state index in [0.29, 0.717) is 12.6 Å². The molecule has 1 aromatic carbocycles. The van der Waals surface area contributed by atoms with Crippen LogP contribution in [0.3, 0.4) is 0 Å². The minimum atomic E-state index is -0.933. The third kappa shape index (κ3) is 5.31. The molecule has 146 valence electrons. The normalized spacial score (nSPS) is 20.4. The summed E-state index contributed by atoms with van der Waals surface area (Å²) in [6, 6.07) is 7.21. The van der Waals surface area contributed by atoms with Gasteiger partial charge < -0.3 is 15.3 Å². The molecular weight excluding hydrogens is 344 g/mol. The molecule has 0 unspecified atom stereocenters. The van der Waals surface area contributed by atoms with Crippen molar-refractivity contribution < 1.29 is 19.5 Å². The fourth-order valence-electron chi connectivity index (χ4n) is 4.12. The first-order valence-corrected chi connectivity index (χ1v) is 9.93. The predicted octanol–water partition coefficient (Wildman–Crippen LogP) is 2.93. The van der Waals surface area contributed by atoms with Gasteiger partial charge in [0.05, 0.1) is 5.56 Å². The lowest BCUT2D eigenvalue weighted by Gasteiger charge is -2.33. The number of carboxylic acid groups (broad SMARTS) is 1. The highest BCUT2D eigenvalue weighted by atomic mass is 16.4. The van der Waals surface area contributed by atoms with E-state index >= 15 is 0 Å². The standard InChI is InChI=1S/C21H28N2O4/c24-19(22-18-5-1-2-6-18)11-12-20(25)23-13-3-4-17(14-23)15-7-9-16(10-8-15)21(26)27/h7-10,17-18H,1-6,11-14H2,(H,22,24)(H,26,27)/t17-/m1/s1. The second kappa shape index (κ2) is 9.02. The van der Waals surface area contributed by atoms with Crippen molar-refractivity contribution in [1.29, 1.82) is 0 Å². The van der Waals surface area contributed by atoms with Crippen LogP contribution in [0.1, 0.15) is 73.2 Å². The summed E-state index contributed by atoms with van der Waals surface area (Å²) < 4.78 is 0. The van der Waals surface area contributed by atoms with E-state index in [1.54, 1.807) is 12.1 Å². The Bertz CT molecular complexity index is 680. The van der Waals surface area contributed by atoms with E-state index in [2.05, 4.69) is 5.32 Å². The second-order valence-electron chi connectivity index (χ2n) is 7.65. The first kappa shape index (κ1) is 19.4. The largest absolute Gasteiger partial charge is 0.478 e. The molecule has 2 N–H and O–H groups in total. The number of nitrogens with one attached hydrogen (secondary N) is 1. The van der Waals surface area contributed by atoms with E-state index in [4.69, 9.17) is 5.11 Å². The molecule has 1 atom stereocenters. The molecule has 6 heteroatoms. The van der Waals surface area contributed by atoms with Gasteiger partial charge in [-0.1, -0.05) is 25.0 Å². The summed E-state index contributed by atoms with van der Waals surface area (Å²) in [7, 11) is 0. The number of hydrogen-bond acceptors (Lipinski definition) is 3. The van der Waals surface area contributed by atoms with E-state index in [9.17, 15) is 14.4 Å². The molecule has 6 nitrogen and oxygen atoms in total. The Morgan fingerprint density at radius 1 is 1.00 bits per heavy atom. The van der Waals surface area contributed by atoms with Gasteiger partial charge in [-0.05, 0) is 43.4 Å². The molecule has 0 bridgehead atoms. The van der Waals surface area contributed by atoms with Crippen molar-refractivity contribution in [3.8, 4) is 0 Å². The van der Waals surface area contributed by atoms with Crippen molar-refractivity contribution in [2.75, 3.05) is 13.1 Å². The number of aromatic carboxylic acids is 1. The van der Waals surface area contributed by atoms with Gasteiger partial charge in [-0.3, -0.25) is 9.59 Å². The van der Waals surface area contributed by atoms with Gasteiger partial charge in [0.2, 0.25) is 11.8 Å². The number of carboxylic acids is 1. The van der Waals surface area contributed by atoms with E-state index in [1.807, 2.05) is 17.0 Å². The topological polar surface area (TPSA) is 86.7 Å². The smallest absolute Gasteiger partial charge is 0.335 e. The van der Waals surface area contributed by atoms with Crippen molar-refractivity contribution in [3.63, 3.8) is 0 Å². The average molecular weight is 372 g/mol. The summed E-state index contributed by atoms with van der Waals surface area (Å²) in [4.78, 5) is 37.4. The number of amides is 2. The van der Waals surface area contributed by atoms with Gasteiger partial charge in [0, 0.05) is 37.9 Å².